The van der Waals surface area contributed by atoms with E-state index in [1.54, 1.807) is 0 Å². The lowest BCUT2D eigenvalue weighted by Gasteiger charge is -2.56. The van der Waals surface area contributed by atoms with E-state index in [0.717, 1.165) is 23.6 Å². The lowest BCUT2D eigenvalue weighted by atomic mass is 9.53. The van der Waals surface area contributed by atoms with Crippen molar-refractivity contribution in [2.24, 2.45) is 17.8 Å². The van der Waals surface area contributed by atoms with Crippen molar-refractivity contribution < 1.29 is 0 Å². The van der Waals surface area contributed by atoms with Crippen LogP contribution in [0.15, 0.2) is 0 Å². The number of hydrogen-bond donors (Lipinski definition) is 1. The van der Waals surface area contributed by atoms with Crippen molar-refractivity contribution in [2.45, 2.75) is 50.6 Å². The summed E-state index contributed by atoms with van der Waals surface area (Å²) in [5, 5.41) is 15.7. The largest absolute Gasteiger partial charge is 0.299 e. The minimum atomic E-state index is 0.200. The van der Waals surface area contributed by atoms with E-state index in [1.807, 2.05) is 0 Å². The van der Waals surface area contributed by atoms with Crippen molar-refractivity contribution in [2.75, 3.05) is 6.54 Å². The zero-order valence-corrected chi connectivity index (χ0v) is 11.8. The first-order chi connectivity index (χ1) is 9.79. The van der Waals surface area contributed by atoms with Gasteiger partial charge in [0, 0.05) is 0 Å². The van der Waals surface area contributed by atoms with E-state index in [9.17, 15) is 0 Å². The van der Waals surface area contributed by atoms with Crippen LogP contribution in [-0.2, 0) is 12.1 Å². The highest BCUT2D eigenvalue weighted by Crippen LogP contribution is 2.58. The van der Waals surface area contributed by atoms with Gasteiger partial charge in [0.15, 0.2) is 5.82 Å². The molecule has 1 heterocycles. The third-order valence-corrected chi connectivity index (χ3v) is 5.50. The number of tetrazole rings is 1. The minimum absolute atomic E-state index is 0.200. The normalized spacial score (nSPS) is 38.0. The quantitative estimate of drug-likeness (QED) is 0.663. The zero-order valence-electron chi connectivity index (χ0n) is 11.8. The monoisotopic (exact) mass is 271 g/mol. The SMILES string of the molecule is C#CCNCc1nnnn1C12CC3CC(CC(C3)C1)C2. The van der Waals surface area contributed by atoms with Gasteiger partial charge in [0.1, 0.15) is 0 Å². The average Bonchev–Trinajstić information content (AvgIpc) is 2.86. The third kappa shape index (κ3) is 1.86. The van der Waals surface area contributed by atoms with E-state index in [1.165, 1.54) is 38.5 Å². The number of terminal acetylenes is 1. The molecule has 4 bridgehead atoms. The van der Waals surface area contributed by atoms with Crippen molar-refractivity contribution >= 4 is 0 Å². The smallest absolute Gasteiger partial charge is 0.165 e. The van der Waals surface area contributed by atoms with Gasteiger partial charge >= 0.3 is 0 Å². The molecule has 0 aromatic carbocycles. The molecular formula is C15H21N5. The van der Waals surface area contributed by atoms with Crippen LogP contribution in [0.4, 0.5) is 0 Å². The molecule has 4 aliphatic carbocycles. The maximum absolute atomic E-state index is 5.28. The van der Waals surface area contributed by atoms with Crippen molar-refractivity contribution in [3.63, 3.8) is 0 Å². The molecular weight excluding hydrogens is 250 g/mol. The van der Waals surface area contributed by atoms with Crippen LogP contribution in [0, 0.1) is 30.1 Å². The molecule has 1 aromatic rings. The summed E-state index contributed by atoms with van der Waals surface area (Å²) >= 11 is 0. The molecule has 5 nitrogen and oxygen atoms in total. The third-order valence-electron chi connectivity index (χ3n) is 5.50. The number of hydrogen-bond acceptors (Lipinski definition) is 4. The first kappa shape index (κ1) is 12.3. The molecule has 1 aromatic heterocycles. The van der Waals surface area contributed by atoms with Gasteiger partial charge in [0.05, 0.1) is 18.6 Å². The van der Waals surface area contributed by atoms with Crippen LogP contribution in [0.5, 0.6) is 0 Å². The van der Waals surface area contributed by atoms with Gasteiger partial charge < -0.3 is 0 Å². The van der Waals surface area contributed by atoms with Crippen LogP contribution in [0.3, 0.4) is 0 Å². The minimum Gasteiger partial charge on any atom is -0.299 e. The van der Waals surface area contributed by atoms with Crippen LogP contribution in [0.2, 0.25) is 0 Å². The molecule has 20 heavy (non-hydrogen) atoms. The van der Waals surface area contributed by atoms with Gasteiger partial charge in [-0.3, -0.25) is 5.32 Å². The highest BCUT2D eigenvalue weighted by atomic mass is 15.6. The Kier molecular flexibility index (Phi) is 2.81. The standard InChI is InChI=1S/C15H21N5/c1-2-3-16-10-14-17-18-19-20(14)15-7-11-4-12(8-15)6-13(5-11)9-15/h1,11-13,16H,3-10H2. The van der Waals surface area contributed by atoms with Gasteiger partial charge in [-0.05, 0) is 66.7 Å². The molecule has 4 fully saturated rings. The molecule has 0 unspecified atom stereocenters. The van der Waals surface area contributed by atoms with E-state index >= 15 is 0 Å². The van der Waals surface area contributed by atoms with Crippen molar-refractivity contribution in [1.29, 1.82) is 0 Å². The maximum Gasteiger partial charge on any atom is 0.165 e. The molecule has 0 amide bonds. The lowest BCUT2D eigenvalue weighted by molar-refractivity contribution is -0.0518. The second-order valence-electron chi connectivity index (χ2n) is 6.96. The number of nitrogens with one attached hydrogen (secondary N) is 1. The predicted molar refractivity (Wildman–Crippen MR) is 74.5 cm³/mol. The molecule has 4 saturated carbocycles. The van der Waals surface area contributed by atoms with Gasteiger partial charge in [-0.25, -0.2) is 4.68 Å². The summed E-state index contributed by atoms with van der Waals surface area (Å²) < 4.78 is 2.14. The summed E-state index contributed by atoms with van der Waals surface area (Å²) in [5.41, 5.74) is 0.200. The van der Waals surface area contributed by atoms with Gasteiger partial charge in [-0.2, -0.15) is 0 Å². The second kappa shape index (κ2) is 4.56. The van der Waals surface area contributed by atoms with E-state index in [0.29, 0.717) is 13.1 Å². The van der Waals surface area contributed by atoms with Crippen LogP contribution < -0.4 is 5.32 Å². The van der Waals surface area contributed by atoms with Crippen LogP contribution in [0.1, 0.15) is 44.3 Å². The summed E-state index contributed by atoms with van der Waals surface area (Å²) in [5.74, 6) is 6.24. The Morgan fingerprint density at radius 3 is 2.45 bits per heavy atom. The van der Waals surface area contributed by atoms with E-state index in [4.69, 9.17) is 6.42 Å². The summed E-state index contributed by atoms with van der Waals surface area (Å²) in [4.78, 5) is 0. The van der Waals surface area contributed by atoms with Crippen molar-refractivity contribution in [1.82, 2.24) is 25.5 Å². The Balaban J connectivity index is 1.61. The van der Waals surface area contributed by atoms with Gasteiger partial charge in [0.25, 0.3) is 0 Å². The second-order valence-corrected chi connectivity index (χ2v) is 6.96. The Labute approximate surface area is 119 Å². The molecule has 0 atom stereocenters. The first-order valence-corrected chi connectivity index (χ1v) is 7.71. The van der Waals surface area contributed by atoms with Gasteiger partial charge in [-0.1, -0.05) is 5.92 Å². The van der Waals surface area contributed by atoms with Crippen LogP contribution in [0.25, 0.3) is 0 Å². The molecule has 0 spiro atoms. The Morgan fingerprint density at radius 2 is 1.85 bits per heavy atom. The fourth-order valence-electron chi connectivity index (χ4n) is 5.26. The fourth-order valence-corrected chi connectivity index (χ4v) is 5.26. The van der Waals surface area contributed by atoms with E-state index in [-0.39, 0.29) is 5.54 Å². The van der Waals surface area contributed by atoms with Crippen molar-refractivity contribution in [3.8, 4) is 12.3 Å². The van der Waals surface area contributed by atoms with Gasteiger partial charge in [-0.15, -0.1) is 11.5 Å². The summed E-state index contributed by atoms with van der Waals surface area (Å²) in [6.45, 7) is 1.23. The van der Waals surface area contributed by atoms with Gasteiger partial charge in [0.2, 0.25) is 0 Å². The lowest BCUT2D eigenvalue weighted by Crippen LogP contribution is -2.52. The summed E-state index contributed by atoms with van der Waals surface area (Å²) in [7, 11) is 0. The van der Waals surface area contributed by atoms with Crippen LogP contribution in [-0.4, -0.2) is 26.8 Å². The zero-order chi connectivity index (χ0) is 13.6. The molecule has 0 radical (unpaired) electrons. The Hall–Kier alpha value is -1.41. The summed E-state index contributed by atoms with van der Waals surface area (Å²) in [6, 6.07) is 0. The fraction of sp³-hybridized carbons (Fsp3) is 0.800. The molecule has 5 heteroatoms. The average molecular weight is 271 g/mol. The number of nitrogens with zero attached hydrogens (tertiary/aromatic N) is 4. The highest BCUT2D eigenvalue weighted by Gasteiger charge is 2.53. The topological polar surface area (TPSA) is 55.6 Å². The number of aromatic nitrogens is 4. The molecule has 1 N–H and O–H groups in total. The van der Waals surface area contributed by atoms with E-state index < -0.39 is 0 Å². The highest BCUT2D eigenvalue weighted by molar-refractivity contribution is 5.06. The predicted octanol–water partition coefficient (Wildman–Crippen LogP) is 1.32. The van der Waals surface area contributed by atoms with Crippen LogP contribution >= 0.6 is 0 Å². The van der Waals surface area contributed by atoms with Crippen molar-refractivity contribution in [3.05, 3.63) is 5.82 Å². The molecule has 106 valence electrons. The Bertz CT molecular complexity index is 505. The first-order valence-electron chi connectivity index (χ1n) is 7.71. The maximum atomic E-state index is 5.28. The number of rotatable bonds is 4. The molecule has 0 saturated heterocycles. The summed E-state index contributed by atoms with van der Waals surface area (Å²) in [6.07, 6.45) is 13.4. The molecule has 5 rings (SSSR count). The Morgan fingerprint density at radius 1 is 1.20 bits per heavy atom. The molecule has 0 aliphatic heterocycles. The van der Waals surface area contributed by atoms with E-state index in [2.05, 4.69) is 31.4 Å². The molecule has 4 aliphatic rings.